The van der Waals surface area contributed by atoms with Gasteiger partial charge in [-0.05, 0) is 35.9 Å². The molecule has 0 unspecified atom stereocenters. The number of benzene rings is 2. The maximum absolute atomic E-state index is 13.0. The van der Waals surface area contributed by atoms with E-state index >= 15 is 0 Å². The molecule has 0 saturated carbocycles. The van der Waals surface area contributed by atoms with Gasteiger partial charge in [-0.2, -0.15) is 0 Å². The van der Waals surface area contributed by atoms with E-state index in [9.17, 15) is 8.78 Å². The molecule has 0 heterocycles. The predicted octanol–water partition coefficient (Wildman–Crippen LogP) is 3.66. The Labute approximate surface area is 114 Å². The second-order valence-electron chi connectivity index (χ2n) is 4.02. The standard InChI is InChI=1S/C14H12ClF2NO/c15-11-1-2-14(10(5-11)7-18)19-8-9-3-12(16)6-13(17)4-9/h1-6H,7-8,18H2. The molecule has 0 spiro atoms. The molecule has 0 aliphatic heterocycles. The Hall–Kier alpha value is -1.65. The van der Waals surface area contributed by atoms with E-state index in [1.165, 1.54) is 12.1 Å². The number of hydrogen-bond acceptors (Lipinski definition) is 2. The molecule has 0 bridgehead atoms. The molecule has 19 heavy (non-hydrogen) atoms. The molecule has 0 aromatic heterocycles. The average Bonchev–Trinajstić information content (AvgIpc) is 2.36. The first-order chi connectivity index (χ1) is 9.08. The molecule has 2 N–H and O–H groups in total. The summed E-state index contributed by atoms with van der Waals surface area (Å²) in [7, 11) is 0. The van der Waals surface area contributed by atoms with E-state index < -0.39 is 11.6 Å². The number of nitrogens with two attached hydrogens (primary N) is 1. The van der Waals surface area contributed by atoms with Crippen molar-refractivity contribution >= 4 is 11.6 Å². The number of hydrogen-bond donors (Lipinski definition) is 1. The maximum atomic E-state index is 13.0. The van der Waals surface area contributed by atoms with E-state index in [4.69, 9.17) is 22.1 Å². The molecule has 100 valence electrons. The van der Waals surface area contributed by atoms with Gasteiger partial charge in [0.2, 0.25) is 0 Å². The molecule has 0 aliphatic carbocycles. The summed E-state index contributed by atoms with van der Waals surface area (Å²) in [6.45, 7) is 0.330. The lowest BCUT2D eigenvalue weighted by atomic mass is 10.2. The first-order valence-corrected chi connectivity index (χ1v) is 6.02. The highest BCUT2D eigenvalue weighted by molar-refractivity contribution is 6.30. The summed E-state index contributed by atoms with van der Waals surface area (Å²) in [5.74, 6) is -0.709. The van der Waals surface area contributed by atoms with Gasteiger partial charge in [0, 0.05) is 23.2 Å². The van der Waals surface area contributed by atoms with Crippen molar-refractivity contribution in [3.63, 3.8) is 0 Å². The van der Waals surface area contributed by atoms with Gasteiger partial charge in [0.05, 0.1) is 0 Å². The summed E-state index contributed by atoms with van der Waals surface area (Å²) in [6.07, 6.45) is 0. The summed E-state index contributed by atoms with van der Waals surface area (Å²) in [6, 6.07) is 8.31. The highest BCUT2D eigenvalue weighted by Crippen LogP contribution is 2.23. The van der Waals surface area contributed by atoms with Gasteiger partial charge in [-0.25, -0.2) is 8.78 Å². The van der Waals surface area contributed by atoms with Crippen LogP contribution in [0.2, 0.25) is 5.02 Å². The molecule has 0 amide bonds. The quantitative estimate of drug-likeness (QED) is 0.929. The molecule has 0 aliphatic rings. The van der Waals surface area contributed by atoms with Crippen LogP contribution in [0.15, 0.2) is 36.4 Å². The van der Waals surface area contributed by atoms with Gasteiger partial charge in [0.15, 0.2) is 0 Å². The Bertz CT molecular complexity index is 569. The molecule has 5 heteroatoms. The summed E-state index contributed by atoms with van der Waals surface area (Å²) < 4.78 is 31.5. The van der Waals surface area contributed by atoms with Crippen LogP contribution in [0.5, 0.6) is 5.75 Å². The van der Waals surface area contributed by atoms with Gasteiger partial charge in [0.1, 0.15) is 24.0 Å². The first-order valence-electron chi connectivity index (χ1n) is 5.65. The van der Waals surface area contributed by atoms with Crippen LogP contribution < -0.4 is 10.5 Å². The molecular formula is C14H12ClF2NO. The fraction of sp³-hybridized carbons (Fsp3) is 0.143. The van der Waals surface area contributed by atoms with E-state index in [2.05, 4.69) is 0 Å². The van der Waals surface area contributed by atoms with Crippen LogP contribution in [-0.4, -0.2) is 0 Å². The van der Waals surface area contributed by atoms with Crippen molar-refractivity contribution in [1.29, 1.82) is 0 Å². The summed E-state index contributed by atoms with van der Waals surface area (Å²) in [4.78, 5) is 0. The van der Waals surface area contributed by atoms with E-state index in [-0.39, 0.29) is 13.2 Å². The second kappa shape index (κ2) is 5.99. The minimum atomic E-state index is -0.631. The molecule has 0 saturated heterocycles. The Balaban J connectivity index is 2.14. The Morgan fingerprint density at radius 1 is 1.05 bits per heavy atom. The molecule has 2 rings (SSSR count). The Morgan fingerprint density at radius 3 is 2.37 bits per heavy atom. The smallest absolute Gasteiger partial charge is 0.126 e. The topological polar surface area (TPSA) is 35.2 Å². The van der Waals surface area contributed by atoms with Crippen LogP contribution in [0, 0.1) is 11.6 Å². The third kappa shape index (κ3) is 3.66. The largest absolute Gasteiger partial charge is 0.489 e. The van der Waals surface area contributed by atoms with Crippen LogP contribution in [0.1, 0.15) is 11.1 Å². The van der Waals surface area contributed by atoms with Gasteiger partial charge < -0.3 is 10.5 Å². The molecule has 0 atom stereocenters. The van der Waals surface area contributed by atoms with Gasteiger partial charge in [0.25, 0.3) is 0 Å². The zero-order valence-electron chi connectivity index (χ0n) is 10.00. The third-order valence-electron chi connectivity index (χ3n) is 2.56. The van der Waals surface area contributed by atoms with Crippen molar-refractivity contribution in [2.24, 2.45) is 5.73 Å². The number of rotatable bonds is 4. The Kier molecular flexibility index (Phi) is 4.35. The van der Waals surface area contributed by atoms with Gasteiger partial charge >= 0.3 is 0 Å². The molecule has 2 nitrogen and oxygen atoms in total. The normalized spacial score (nSPS) is 10.5. The lowest BCUT2D eigenvalue weighted by molar-refractivity contribution is 0.301. The number of halogens is 3. The van der Waals surface area contributed by atoms with Gasteiger partial charge in [-0.3, -0.25) is 0 Å². The van der Waals surface area contributed by atoms with Crippen LogP contribution in [0.3, 0.4) is 0 Å². The zero-order chi connectivity index (χ0) is 13.8. The van der Waals surface area contributed by atoms with Crippen LogP contribution in [0.25, 0.3) is 0 Å². The van der Waals surface area contributed by atoms with Crippen molar-refractivity contribution in [1.82, 2.24) is 0 Å². The van der Waals surface area contributed by atoms with Crippen molar-refractivity contribution in [2.75, 3.05) is 0 Å². The van der Waals surface area contributed by atoms with E-state index in [1.54, 1.807) is 18.2 Å². The van der Waals surface area contributed by atoms with Crippen molar-refractivity contribution in [3.8, 4) is 5.75 Å². The maximum Gasteiger partial charge on any atom is 0.126 e. The lowest BCUT2D eigenvalue weighted by Gasteiger charge is -2.11. The summed E-state index contributed by atoms with van der Waals surface area (Å²) in [5, 5.41) is 0.560. The molecule has 2 aromatic carbocycles. The highest BCUT2D eigenvalue weighted by Gasteiger charge is 2.05. The molecular weight excluding hydrogens is 272 g/mol. The van der Waals surface area contributed by atoms with Crippen LogP contribution in [0.4, 0.5) is 8.78 Å². The zero-order valence-corrected chi connectivity index (χ0v) is 10.8. The predicted molar refractivity (Wildman–Crippen MR) is 70.0 cm³/mol. The Morgan fingerprint density at radius 2 is 1.74 bits per heavy atom. The van der Waals surface area contributed by atoms with Gasteiger partial charge in [-0.1, -0.05) is 11.6 Å². The second-order valence-corrected chi connectivity index (χ2v) is 4.46. The third-order valence-corrected chi connectivity index (χ3v) is 2.79. The minimum Gasteiger partial charge on any atom is -0.489 e. The van der Waals surface area contributed by atoms with Crippen LogP contribution in [-0.2, 0) is 13.2 Å². The lowest BCUT2D eigenvalue weighted by Crippen LogP contribution is -2.03. The highest BCUT2D eigenvalue weighted by atomic mass is 35.5. The minimum absolute atomic E-state index is 0.0588. The number of ether oxygens (including phenoxy) is 1. The molecule has 0 fully saturated rings. The molecule has 0 radical (unpaired) electrons. The van der Waals surface area contributed by atoms with E-state index in [0.29, 0.717) is 16.3 Å². The fourth-order valence-corrected chi connectivity index (χ4v) is 1.90. The summed E-state index contributed by atoms with van der Waals surface area (Å²) in [5.41, 5.74) is 6.73. The fourth-order valence-electron chi connectivity index (χ4n) is 1.70. The van der Waals surface area contributed by atoms with E-state index in [1.807, 2.05) is 0 Å². The van der Waals surface area contributed by atoms with Crippen molar-refractivity contribution < 1.29 is 13.5 Å². The average molecular weight is 284 g/mol. The van der Waals surface area contributed by atoms with Crippen molar-refractivity contribution in [3.05, 3.63) is 64.2 Å². The van der Waals surface area contributed by atoms with Crippen LogP contribution >= 0.6 is 11.6 Å². The molecule has 2 aromatic rings. The summed E-state index contributed by atoms with van der Waals surface area (Å²) >= 11 is 5.84. The first kappa shape index (κ1) is 13.8. The van der Waals surface area contributed by atoms with Gasteiger partial charge in [-0.15, -0.1) is 0 Å². The van der Waals surface area contributed by atoms with Crippen molar-refractivity contribution in [2.45, 2.75) is 13.2 Å². The van der Waals surface area contributed by atoms with E-state index in [0.717, 1.165) is 11.6 Å². The SMILES string of the molecule is NCc1cc(Cl)ccc1OCc1cc(F)cc(F)c1. The monoisotopic (exact) mass is 283 g/mol.